The van der Waals surface area contributed by atoms with Crippen molar-refractivity contribution in [1.82, 2.24) is 9.97 Å². The van der Waals surface area contributed by atoms with Gasteiger partial charge in [0.15, 0.2) is 5.82 Å². The van der Waals surface area contributed by atoms with Gasteiger partial charge in [-0.2, -0.15) is 0 Å². The van der Waals surface area contributed by atoms with Crippen LogP contribution in [0.4, 0.5) is 0 Å². The third kappa shape index (κ3) is 8.75. The molecule has 1 heterocycles. The number of rotatable bonds is 13. The van der Waals surface area contributed by atoms with E-state index in [1.807, 2.05) is 74.5 Å². The van der Waals surface area contributed by atoms with Gasteiger partial charge in [-0.05, 0) is 71.9 Å². The maximum atomic E-state index is 5.24. The maximum absolute atomic E-state index is 5.24. The zero-order valence-electron chi connectivity index (χ0n) is 35.5. The van der Waals surface area contributed by atoms with Crippen LogP contribution in [0.25, 0.3) is 39.4 Å². The second-order valence-corrected chi connectivity index (χ2v) is 15.2. The Bertz CT molecular complexity index is 2830. The first-order valence-electron chi connectivity index (χ1n) is 21.1. The Morgan fingerprint density at radius 1 is 0.500 bits per heavy atom. The highest BCUT2D eigenvalue weighted by atomic mass is 14.9. The summed E-state index contributed by atoms with van der Waals surface area (Å²) in [4.78, 5) is 15.4. The molecule has 62 heavy (non-hydrogen) atoms. The van der Waals surface area contributed by atoms with Crippen molar-refractivity contribution >= 4 is 22.6 Å². The van der Waals surface area contributed by atoms with E-state index >= 15 is 0 Å². The van der Waals surface area contributed by atoms with Crippen LogP contribution in [0.15, 0.2) is 242 Å². The largest absolute Gasteiger partial charge is 0.252 e. The molecule has 0 N–H and O–H groups in total. The Hall–Kier alpha value is -7.75. The van der Waals surface area contributed by atoms with Gasteiger partial charge in [0.05, 0.1) is 22.5 Å². The van der Waals surface area contributed by atoms with Crippen molar-refractivity contribution < 1.29 is 0 Å². The highest BCUT2D eigenvalue weighted by molar-refractivity contribution is 6.02. The average Bonchev–Trinajstić information content (AvgIpc) is 3.35. The minimum atomic E-state index is -0.656. The topological polar surface area (TPSA) is 38.1 Å². The van der Waals surface area contributed by atoms with E-state index in [0.29, 0.717) is 5.82 Å². The van der Waals surface area contributed by atoms with E-state index in [-0.39, 0.29) is 0 Å². The molecule has 0 bridgehead atoms. The number of aliphatic imine (C=N–C) groups is 1. The van der Waals surface area contributed by atoms with Crippen LogP contribution in [0.1, 0.15) is 65.5 Å². The van der Waals surface area contributed by atoms with Gasteiger partial charge in [0.25, 0.3) is 0 Å². The predicted molar refractivity (Wildman–Crippen MR) is 262 cm³/mol. The lowest BCUT2D eigenvalue weighted by Crippen LogP contribution is -2.31. The van der Waals surface area contributed by atoms with Gasteiger partial charge in [0.1, 0.15) is 0 Å². The van der Waals surface area contributed by atoms with Crippen molar-refractivity contribution in [3.05, 3.63) is 282 Å². The first kappa shape index (κ1) is 41.0. The maximum Gasteiger partial charge on any atom is 0.160 e. The summed E-state index contributed by atoms with van der Waals surface area (Å²) in [6.45, 7) is 10.6. The van der Waals surface area contributed by atoms with Crippen LogP contribution in [0.2, 0.25) is 0 Å². The molecule has 0 amide bonds. The summed E-state index contributed by atoms with van der Waals surface area (Å²) in [5, 5.41) is 0. The van der Waals surface area contributed by atoms with Crippen LogP contribution in [0.5, 0.6) is 0 Å². The molecule has 0 fully saturated rings. The van der Waals surface area contributed by atoms with Crippen LogP contribution < -0.4 is 0 Å². The molecule has 0 aliphatic carbocycles. The Kier molecular flexibility index (Phi) is 12.6. The lowest BCUT2D eigenvalue weighted by molar-refractivity contribution is 0.745. The minimum Gasteiger partial charge on any atom is -0.252 e. The van der Waals surface area contributed by atoms with E-state index in [4.69, 9.17) is 15.0 Å². The van der Waals surface area contributed by atoms with Crippen molar-refractivity contribution in [1.29, 1.82) is 0 Å². The van der Waals surface area contributed by atoms with Crippen LogP contribution in [-0.2, 0) is 5.41 Å². The van der Waals surface area contributed by atoms with Crippen molar-refractivity contribution in [2.75, 3.05) is 0 Å². The van der Waals surface area contributed by atoms with Gasteiger partial charge in [-0.1, -0.05) is 225 Å². The lowest BCUT2D eigenvalue weighted by atomic mass is 9.65. The molecular formula is C59H49N3. The molecule has 1 aromatic heterocycles. The fourth-order valence-electron chi connectivity index (χ4n) is 8.12. The van der Waals surface area contributed by atoms with Gasteiger partial charge in [0, 0.05) is 28.0 Å². The monoisotopic (exact) mass is 799 g/mol. The SMILES string of the molecule is C=C(/C=C(\N=C(C)c1ccccc1)c1ccc(C(c2ccccc2)(c2ccccc2)c2ccc(-c3cc(-c4ccccc4)nc(C(/C=C\C)=C/C)n3)cc2)cc1)c1ccccc1. The zero-order chi connectivity index (χ0) is 42.7. The average molecular weight is 800 g/mol. The molecule has 8 rings (SSSR count). The number of hydrogen-bond donors (Lipinski definition) is 0. The number of allylic oxidation sites excluding steroid dienone is 6. The Balaban J connectivity index is 1.28. The van der Waals surface area contributed by atoms with E-state index in [2.05, 4.69) is 183 Å². The summed E-state index contributed by atoms with van der Waals surface area (Å²) in [6, 6.07) is 72.5. The molecule has 3 nitrogen and oxygen atoms in total. The molecule has 7 aromatic carbocycles. The van der Waals surface area contributed by atoms with E-state index < -0.39 is 5.41 Å². The van der Waals surface area contributed by atoms with Gasteiger partial charge in [-0.3, -0.25) is 4.99 Å². The fourth-order valence-corrected chi connectivity index (χ4v) is 8.12. The second kappa shape index (κ2) is 19.1. The molecular weight excluding hydrogens is 751 g/mol. The minimum absolute atomic E-state index is 0.656. The fraction of sp³-hybridized carbons (Fsp3) is 0.0678. The number of nitrogens with zero attached hydrogens (tertiary/aromatic N) is 3. The first-order chi connectivity index (χ1) is 30.5. The molecule has 0 aliphatic rings. The summed E-state index contributed by atoms with van der Waals surface area (Å²) in [5.41, 5.74) is 14.5. The molecule has 0 unspecified atom stereocenters. The van der Waals surface area contributed by atoms with Gasteiger partial charge in [0.2, 0.25) is 0 Å². The molecule has 0 spiro atoms. The second-order valence-electron chi connectivity index (χ2n) is 15.2. The van der Waals surface area contributed by atoms with Gasteiger partial charge in [-0.25, -0.2) is 9.97 Å². The van der Waals surface area contributed by atoms with Crippen LogP contribution in [-0.4, -0.2) is 15.7 Å². The third-order valence-electron chi connectivity index (χ3n) is 11.3. The van der Waals surface area contributed by atoms with E-state index in [9.17, 15) is 0 Å². The van der Waals surface area contributed by atoms with Crippen molar-refractivity contribution in [3.63, 3.8) is 0 Å². The standard InChI is InChI=1S/C59H49N3/c1-5-22-45(6-2)58-61-56(48-27-16-9-17-28-48)42-57(62-58)50-35-39-54(40-36-50)59(51-29-18-10-19-30-51,52-31-20-11-21-32-52)53-37-33-49(34-38-53)55(41-43(3)46-23-12-7-13-24-46)60-44(4)47-25-14-8-15-26-47/h5-42H,3H2,1-2,4H3/b22-5-,45-6+,55-41-,60-44?. The van der Waals surface area contributed by atoms with Gasteiger partial charge in [-0.15, -0.1) is 0 Å². The molecule has 0 saturated carbocycles. The van der Waals surface area contributed by atoms with E-state index in [1.54, 1.807) is 0 Å². The number of hydrogen-bond acceptors (Lipinski definition) is 3. The van der Waals surface area contributed by atoms with Crippen molar-refractivity contribution in [3.8, 4) is 22.5 Å². The van der Waals surface area contributed by atoms with Crippen molar-refractivity contribution in [2.24, 2.45) is 4.99 Å². The molecule has 0 atom stereocenters. The van der Waals surface area contributed by atoms with Crippen LogP contribution >= 0.6 is 0 Å². The molecule has 300 valence electrons. The summed E-state index contributed by atoms with van der Waals surface area (Å²) in [7, 11) is 0. The number of aromatic nitrogens is 2. The van der Waals surface area contributed by atoms with E-state index in [1.165, 1.54) is 0 Å². The van der Waals surface area contributed by atoms with E-state index in [0.717, 1.165) is 84.0 Å². The first-order valence-corrected chi connectivity index (χ1v) is 21.1. The third-order valence-corrected chi connectivity index (χ3v) is 11.3. The van der Waals surface area contributed by atoms with Gasteiger partial charge < -0.3 is 0 Å². The molecule has 0 radical (unpaired) electrons. The molecule has 0 saturated heterocycles. The van der Waals surface area contributed by atoms with Crippen molar-refractivity contribution in [2.45, 2.75) is 26.2 Å². The summed E-state index contributed by atoms with van der Waals surface area (Å²) >= 11 is 0. The highest BCUT2D eigenvalue weighted by Crippen LogP contribution is 2.46. The summed E-state index contributed by atoms with van der Waals surface area (Å²) in [5.74, 6) is 0.693. The van der Waals surface area contributed by atoms with Gasteiger partial charge >= 0.3 is 0 Å². The van der Waals surface area contributed by atoms with Crippen LogP contribution in [0, 0.1) is 0 Å². The van der Waals surface area contributed by atoms with Crippen LogP contribution in [0.3, 0.4) is 0 Å². The molecule has 0 aliphatic heterocycles. The number of benzene rings is 7. The lowest BCUT2D eigenvalue weighted by Gasteiger charge is -2.37. The Labute approximate surface area is 366 Å². The zero-order valence-corrected chi connectivity index (χ0v) is 35.5. The summed E-state index contributed by atoms with van der Waals surface area (Å²) < 4.78 is 0. The Morgan fingerprint density at radius 2 is 0.935 bits per heavy atom. The quantitative estimate of drug-likeness (QED) is 0.0662. The summed E-state index contributed by atoms with van der Waals surface area (Å²) in [6.07, 6.45) is 8.24. The predicted octanol–water partition coefficient (Wildman–Crippen LogP) is 14.7. The highest BCUT2D eigenvalue weighted by Gasteiger charge is 2.38. The normalized spacial score (nSPS) is 12.4. The smallest absolute Gasteiger partial charge is 0.160 e. The molecule has 3 heteroatoms. The Morgan fingerprint density at radius 3 is 1.44 bits per heavy atom. The molecule has 8 aromatic rings.